The minimum Gasteiger partial charge on any atom is -0.496 e. The van der Waals surface area contributed by atoms with Gasteiger partial charge in [0.2, 0.25) is 5.91 Å². The van der Waals surface area contributed by atoms with Crippen molar-refractivity contribution in [3.05, 3.63) is 105 Å². The van der Waals surface area contributed by atoms with E-state index in [2.05, 4.69) is 25.8 Å². The summed E-state index contributed by atoms with van der Waals surface area (Å²) in [7, 11) is 5.05. The van der Waals surface area contributed by atoms with E-state index in [1.807, 2.05) is 43.4 Å². The predicted octanol–water partition coefficient (Wildman–Crippen LogP) is 6.56. The Kier molecular flexibility index (Phi) is 10.6. The molecule has 7 rings (SSSR count). The first-order chi connectivity index (χ1) is 25.6. The molecule has 0 aliphatic carbocycles. The van der Waals surface area contributed by atoms with Crippen LogP contribution in [0.15, 0.2) is 66.9 Å². The molecule has 276 valence electrons. The third kappa shape index (κ3) is 7.42. The molecule has 2 N–H and O–H groups in total. The fraction of sp³-hybridized carbons (Fsp3) is 0.333. The van der Waals surface area contributed by atoms with Crippen molar-refractivity contribution in [2.45, 2.75) is 44.9 Å². The number of nitrogens with one attached hydrogen (secondary N) is 2. The number of benzene rings is 4. The molecular weight excluding hydrogens is 701 g/mol. The number of hydrogen-bond acceptors (Lipinski definition) is 9. The van der Waals surface area contributed by atoms with Crippen LogP contribution in [0.1, 0.15) is 36.0 Å². The molecular formula is C39H41ClFN7O5. The number of hydrogen-bond donors (Lipinski definition) is 2. The number of nitro benzene ring substituents is 1. The zero-order chi connectivity index (χ0) is 37.2. The summed E-state index contributed by atoms with van der Waals surface area (Å²) >= 11 is 7.11. The van der Waals surface area contributed by atoms with Gasteiger partial charge in [0.1, 0.15) is 17.3 Å². The molecule has 2 aliphatic rings. The zero-order valence-electron chi connectivity index (χ0n) is 29.8. The molecule has 5 aromatic rings. The second-order valence-electron chi connectivity index (χ2n) is 13.5. The maximum Gasteiger partial charge on any atom is 0.275 e. The van der Waals surface area contributed by atoms with Crippen LogP contribution in [0, 0.1) is 15.9 Å². The quantitative estimate of drug-likeness (QED) is 0.0962. The number of nitrogens with zero attached hydrogens (tertiary/aromatic N) is 5. The maximum absolute atomic E-state index is 15.6. The maximum atomic E-state index is 15.6. The first-order valence-electron chi connectivity index (χ1n) is 17.6. The number of nitro groups is 1. The summed E-state index contributed by atoms with van der Waals surface area (Å²) in [5.41, 5.74) is 5.07. The Hall–Kier alpha value is -5.08. The molecule has 12 nitrogen and oxygen atoms in total. The van der Waals surface area contributed by atoms with Gasteiger partial charge in [-0.15, -0.1) is 0 Å². The molecule has 2 fully saturated rings. The molecule has 4 aromatic carbocycles. The van der Waals surface area contributed by atoms with E-state index in [1.54, 1.807) is 36.2 Å². The highest BCUT2D eigenvalue weighted by molar-refractivity contribution is 6.36. The summed E-state index contributed by atoms with van der Waals surface area (Å²) in [5.74, 6) is 0.558. The number of hydrazine groups is 1. The van der Waals surface area contributed by atoms with Crippen molar-refractivity contribution in [2.24, 2.45) is 0 Å². The number of ether oxygens (including phenoxy) is 2. The van der Waals surface area contributed by atoms with E-state index in [4.69, 9.17) is 21.1 Å². The first-order valence-corrected chi connectivity index (χ1v) is 17.9. The van der Waals surface area contributed by atoms with E-state index in [0.717, 1.165) is 53.5 Å². The minimum absolute atomic E-state index is 0.000121. The highest BCUT2D eigenvalue weighted by atomic mass is 35.5. The molecule has 0 radical (unpaired) electrons. The van der Waals surface area contributed by atoms with Gasteiger partial charge in [-0.2, -0.15) is 5.10 Å². The Morgan fingerprint density at radius 3 is 2.51 bits per heavy atom. The number of halogens is 2. The van der Waals surface area contributed by atoms with Crippen molar-refractivity contribution in [2.75, 3.05) is 40.9 Å². The Bertz CT molecular complexity index is 2190. The van der Waals surface area contributed by atoms with E-state index in [-0.39, 0.29) is 35.6 Å². The van der Waals surface area contributed by atoms with Crippen molar-refractivity contribution >= 4 is 34.1 Å². The lowest BCUT2D eigenvalue weighted by atomic mass is 9.96. The summed E-state index contributed by atoms with van der Waals surface area (Å²) in [5, 5.41) is 28.6. The minimum atomic E-state index is -0.436. The fourth-order valence-electron chi connectivity index (χ4n) is 7.16. The number of methoxy groups -OCH3 is 2. The van der Waals surface area contributed by atoms with Crippen LogP contribution in [-0.4, -0.2) is 77.6 Å². The van der Waals surface area contributed by atoms with Crippen LogP contribution < -0.4 is 20.1 Å². The van der Waals surface area contributed by atoms with E-state index in [9.17, 15) is 14.9 Å². The number of amides is 1. The monoisotopic (exact) mass is 741 g/mol. The second kappa shape index (κ2) is 15.5. The lowest BCUT2D eigenvalue weighted by Gasteiger charge is -2.38. The molecule has 1 amide bonds. The van der Waals surface area contributed by atoms with Crippen molar-refractivity contribution in [3.8, 4) is 33.8 Å². The lowest BCUT2D eigenvalue weighted by molar-refractivity contribution is -0.385. The molecule has 0 spiro atoms. The summed E-state index contributed by atoms with van der Waals surface area (Å²) in [6, 6.07) is 17.9. The third-order valence-corrected chi connectivity index (χ3v) is 10.6. The molecule has 14 heteroatoms. The van der Waals surface area contributed by atoms with Crippen LogP contribution in [0.2, 0.25) is 5.02 Å². The zero-order valence-corrected chi connectivity index (χ0v) is 30.6. The molecule has 0 saturated carbocycles. The highest BCUT2D eigenvalue weighted by Crippen LogP contribution is 2.41. The van der Waals surface area contributed by atoms with Crippen molar-refractivity contribution < 1.29 is 23.6 Å². The van der Waals surface area contributed by atoms with Crippen LogP contribution in [0.5, 0.6) is 11.5 Å². The Morgan fingerprint density at radius 2 is 1.81 bits per heavy atom. The van der Waals surface area contributed by atoms with Gasteiger partial charge in [0.05, 0.1) is 48.0 Å². The number of fused-ring (bicyclic) bond motifs is 1. The summed E-state index contributed by atoms with van der Waals surface area (Å²) in [6.07, 6.45) is 4.11. The van der Waals surface area contributed by atoms with Crippen molar-refractivity contribution in [1.82, 2.24) is 30.4 Å². The van der Waals surface area contributed by atoms with Crippen molar-refractivity contribution in [1.29, 1.82) is 0 Å². The molecule has 3 heterocycles. The van der Waals surface area contributed by atoms with E-state index < -0.39 is 5.82 Å². The summed E-state index contributed by atoms with van der Waals surface area (Å²) < 4.78 is 28.7. The van der Waals surface area contributed by atoms with Gasteiger partial charge < -0.3 is 20.1 Å². The molecule has 0 bridgehead atoms. The number of carbonyl (C=O) groups is 1. The van der Waals surface area contributed by atoms with Gasteiger partial charge in [0, 0.05) is 85.9 Å². The predicted molar refractivity (Wildman–Crippen MR) is 201 cm³/mol. The number of carbonyl (C=O) groups excluding carboxylic acids is 1. The molecule has 1 atom stereocenters. The van der Waals surface area contributed by atoms with E-state index in [0.29, 0.717) is 58.3 Å². The van der Waals surface area contributed by atoms with Crippen LogP contribution in [0.4, 0.5) is 10.1 Å². The van der Waals surface area contributed by atoms with E-state index in [1.165, 1.54) is 13.2 Å². The Morgan fingerprint density at radius 1 is 1.06 bits per heavy atom. The Labute approximate surface area is 311 Å². The summed E-state index contributed by atoms with van der Waals surface area (Å²) in [4.78, 5) is 23.5. The van der Waals surface area contributed by atoms with Crippen LogP contribution in [0.25, 0.3) is 33.2 Å². The third-order valence-electron chi connectivity index (χ3n) is 10.2. The fourth-order valence-corrected chi connectivity index (χ4v) is 7.50. The smallest absolute Gasteiger partial charge is 0.275 e. The van der Waals surface area contributed by atoms with E-state index >= 15 is 4.39 Å². The lowest BCUT2D eigenvalue weighted by Crippen LogP contribution is -2.48. The van der Waals surface area contributed by atoms with Gasteiger partial charge in [-0.1, -0.05) is 41.9 Å². The first kappa shape index (κ1) is 36.3. The average Bonchev–Trinajstić information content (AvgIpc) is 3.73. The number of aromatic nitrogens is 2. The van der Waals surface area contributed by atoms with Crippen LogP contribution in [0.3, 0.4) is 0 Å². The second-order valence-corrected chi connectivity index (χ2v) is 13.8. The van der Waals surface area contributed by atoms with Gasteiger partial charge in [0.15, 0.2) is 0 Å². The average molecular weight is 742 g/mol. The highest BCUT2D eigenvalue weighted by Gasteiger charge is 2.25. The molecule has 1 unspecified atom stereocenters. The normalized spacial score (nSPS) is 15.9. The summed E-state index contributed by atoms with van der Waals surface area (Å²) in [6.45, 7) is 3.32. The van der Waals surface area contributed by atoms with Gasteiger partial charge in [-0.05, 0) is 48.2 Å². The molecule has 53 heavy (non-hydrogen) atoms. The van der Waals surface area contributed by atoms with Crippen LogP contribution in [-0.2, 0) is 24.4 Å². The molecule has 1 aromatic heterocycles. The standard InChI is InChI=1S/C39H41ClFN7O5/c1-45(46-13-6-14-46)22-26-16-35(48(50)51)25(18-36(26)52-2)23-47-34-10-5-8-29(31(34)21-43-47)30-9-4-7-28(39(30)40)24-15-33(41)32(37(17-24)53-3)20-42-19-27-11-12-38(49)44-27/h4-5,7-10,15-18,21,27,42H,6,11-14,19-20,22-23H2,1-3H3,(H,44,49). The topological polar surface area (TPSA) is 127 Å². The van der Waals surface area contributed by atoms with Gasteiger partial charge in [-0.3, -0.25) is 19.6 Å². The SMILES string of the molecule is COc1cc(Cn2ncc3c(-c4cccc(-c5cc(F)c(CNCC6CCC(=O)N6)c(OC)c5)c4Cl)cccc32)c([N+](=O)[O-])cc1CN(C)N1CCC1. The molecule has 2 aliphatic heterocycles. The van der Waals surface area contributed by atoms with Gasteiger partial charge in [0.25, 0.3) is 5.69 Å². The molecule has 2 saturated heterocycles. The van der Waals surface area contributed by atoms with Crippen LogP contribution >= 0.6 is 11.6 Å². The Balaban J connectivity index is 1.17. The van der Waals surface area contributed by atoms with Crippen molar-refractivity contribution in [3.63, 3.8) is 0 Å². The van der Waals surface area contributed by atoms with Gasteiger partial charge >= 0.3 is 0 Å². The number of rotatable bonds is 14. The van der Waals surface area contributed by atoms with Gasteiger partial charge in [-0.25, -0.2) is 14.4 Å². The largest absolute Gasteiger partial charge is 0.496 e.